The molecule has 0 saturated heterocycles. The van der Waals surface area contributed by atoms with Crippen LogP contribution in [0.25, 0.3) is 0 Å². The molecule has 84 valence electrons. The van der Waals surface area contributed by atoms with Gasteiger partial charge < -0.3 is 9.84 Å². The predicted molar refractivity (Wildman–Crippen MR) is 60.2 cm³/mol. The van der Waals surface area contributed by atoms with Gasteiger partial charge in [0.05, 0.1) is 12.7 Å². The maximum Gasteiger partial charge on any atom is 0.155 e. The third kappa shape index (κ3) is 2.70. The van der Waals surface area contributed by atoms with Gasteiger partial charge in [0.25, 0.3) is 0 Å². The summed E-state index contributed by atoms with van der Waals surface area (Å²) in [6.07, 6.45) is 2.35. The van der Waals surface area contributed by atoms with Crippen molar-refractivity contribution in [2.24, 2.45) is 0 Å². The van der Waals surface area contributed by atoms with Gasteiger partial charge in [-0.15, -0.1) is 0 Å². The normalized spacial score (nSPS) is 10.4. The SMILES string of the molecule is CCc1nc(Cl)cc(NCc2ccno2)n1. The molecule has 0 amide bonds. The van der Waals surface area contributed by atoms with E-state index < -0.39 is 0 Å². The largest absolute Gasteiger partial charge is 0.363 e. The summed E-state index contributed by atoms with van der Waals surface area (Å²) >= 11 is 5.86. The maximum absolute atomic E-state index is 5.86. The zero-order valence-electron chi connectivity index (χ0n) is 8.77. The van der Waals surface area contributed by atoms with Crippen molar-refractivity contribution in [1.29, 1.82) is 0 Å². The van der Waals surface area contributed by atoms with Gasteiger partial charge in [-0.3, -0.25) is 0 Å². The lowest BCUT2D eigenvalue weighted by molar-refractivity contribution is 0.388. The van der Waals surface area contributed by atoms with Crippen molar-refractivity contribution >= 4 is 17.4 Å². The molecule has 0 bridgehead atoms. The lowest BCUT2D eigenvalue weighted by Crippen LogP contribution is -2.03. The van der Waals surface area contributed by atoms with Crippen molar-refractivity contribution in [2.45, 2.75) is 19.9 Å². The Hall–Kier alpha value is -1.62. The van der Waals surface area contributed by atoms with Gasteiger partial charge in [0, 0.05) is 18.6 Å². The van der Waals surface area contributed by atoms with E-state index in [-0.39, 0.29) is 0 Å². The highest BCUT2D eigenvalue weighted by molar-refractivity contribution is 6.29. The summed E-state index contributed by atoms with van der Waals surface area (Å²) in [6.45, 7) is 2.50. The van der Waals surface area contributed by atoms with Crippen LogP contribution < -0.4 is 5.32 Å². The van der Waals surface area contributed by atoms with E-state index in [0.717, 1.165) is 12.2 Å². The highest BCUT2D eigenvalue weighted by Crippen LogP contribution is 2.12. The summed E-state index contributed by atoms with van der Waals surface area (Å²) in [5, 5.41) is 7.14. The topological polar surface area (TPSA) is 63.8 Å². The number of anilines is 1. The fraction of sp³-hybridized carbons (Fsp3) is 0.300. The molecule has 0 unspecified atom stereocenters. The van der Waals surface area contributed by atoms with Crippen LogP contribution in [0.5, 0.6) is 0 Å². The van der Waals surface area contributed by atoms with E-state index in [1.165, 1.54) is 0 Å². The van der Waals surface area contributed by atoms with Crippen LogP contribution in [0.4, 0.5) is 5.82 Å². The third-order valence-corrected chi connectivity index (χ3v) is 2.19. The molecular formula is C10H11ClN4O. The summed E-state index contributed by atoms with van der Waals surface area (Å²) in [6, 6.07) is 3.47. The average Bonchev–Trinajstić information content (AvgIpc) is 2.78. The standard InChI is InChI=1S/C10H11ClN4O/c1-2-9-14-8(11)5-10(15-9)12-6-7-3-4-13-16-7/h3-5H,2,6H2,1H3,(H,12,14,15). The van der Waals surface area contributed by atoms with E-state index in [4.69, 9.17) is 16.1 Å². The fourth-order valence-corrected chi connectivity index (χ4v) is 1.43. The van der Waals surface area contributed by atoms with E-state index in [1.807, 2.05) is 6.92 Å². The number of rotatable bonds is 4. The molecule has 1 N–H and O–H groups in total. The van der Waals surface area contributed by atoms with Crippen LogP contribution in [-0.2, 0) is 13.0 Å². The molecule has 0 aromatic carbocycles. The first-order valence-electron chi connectivity index (χ1n) is 4.95. The Morgan fingerprint density at radius 1 is 1.44 bits per heavy atom. The summed E-state index contributed by atoms with van der Waals surface area (Å²) in [5.74, 6) is 2.15. The molecule has 0 saturated carbocycles. The predicted octanol–water partition coefficient (Wildman–Crippen LogP) is 2.29. The molecule has 0 aliphatic rings. The van der Waals surface area contributed by atoms with Gasteiger partial charge in [0.1, 0.15) is 16.8 Å². The molecule has 0 radical (unpaired) electrons. The molecule has 2 aromatic heterocycles. The molecule has 0 aliphatic heterocycles. The van der Waals surface area contributed by atoms with Crippen LogP contribution >= 0.6 is 11.6 Å². The number of hydrogen-bond acceptors (Lipinski definition) is 5. The molecule has 0 aliphatic carbocycles. The number of aryl methyl sites for hydroxylation is 1. The van der Waals surface area contributed by atoms with Crippen LogP contribution in [-0.4, -0.2) is 15.1 Å². The minimum absolute atomic E-state index is 0.437. The minimum atomic E-state index is 0.437. The smallest absolute Gasteiger partial charge is 0.155 e. The first kappa shape index (κ1) is 10.9. The first-order valence-corrected chi connectivity index (χ1v) is 5.32. The van der Waals surface area contributed by atoms with Crippen molar-refractivity contribution in [2.75, 3.05) is 5.32 Å². The second kappa shape index (κ2) is 4.94. The van der Waals surface area contributed by atoms with Crippen LogP contribution in [0.2, 0.25) is 5.15 Å². The van der Waals surface area contributed by atoms with Gasteiger partial charge in [-0.05, 0) is 0 Å². The zero-order chi connectivity index (χ0) is 11.4. The highest BCUT2D eigenvalue weighted by atomic mass is 35.5. The van der Waals surface area contributed by atoms with Gasteiger partial charge in [-0.2, -0.15) is 0 Å². The van der Waals surface area contributed by atoms with E-state index in [0.29, 0.717) is 23.3 Å². The van der Waals surface area contributed by atoms with Crippen LogP contribution in [0.3, 0.4) is 0 Å². The molecule has 16 heavy (non-hydrogen) atoms. The van der Waals surface area contributed by atoms with Crippen molar-refractivity contribution in [3.63, 3.8) is 0 Å². The van der Waals surface area contributed by atoms with Crippen LogP contribution in [0.15, 0.2) is 22.9 Å². The highest BCUT2D eigenvalue weighted by Gasteiger charge is 2.02. The number of nitrogens with zero attached hydrogens (tertiary/aromatic N) is 3. The summed E-state index contributed by atoms with van der Waals surface area (Å²) in [4.78, 5) is 8.36. The third-order valence-electron chi connectivity index (χ3n) is 1.99. The zero-order valence-corrected chi connectivity index (χ0v) is 9.53. The van der Waals surface area contributed by atoms with Crippen molar-refractivity contribution < 1.29 is 4.52 Å². The second-order valence-electron chi connectivity index (χ2n) is 3.18. The Balaban J connectivity index is 2.06. The molecule has 2 aromatic rings. The first-order chi connectivity index (χ1) is 7.78. The van der Waals surface area contributed by atoms with Crippen LogP contribution in [0.1, 0.15) is 18.5 Å². The van der Waals surface area contributed by atoms with Gasteiger partial charge in [-0.1, -0.05) is 23.7 Å². The monoisotopic (exact) mass is 238 g/mol. The molecule has 5 nitrogen and oxygen atoms in total. The summed E-state index contributed by atoms with van der Waals surface area (Å²) in [5.41, 5.74) is 0. The molecule has 0 spiro atoms. The Bertz CT molecular complexity index is 458. The summed E-state index contributed by atoms with van der Waals surface area (Å²) in [7, 11) is 0. The fourth-order valence-electron chi connectivity index (χ4n) is 1.22. The molecule has 2 rings (SSSR count). The van der Waals surface area contributed by atoms with Gasteiger partial charge in [0.15, 0.2) is 5.76 Å². The molecule has 0 fully saturated rings. The Kier molecular flexibility index (Phi) is 3.36. The number of nitrogens with one attached hydrogen (secondary N) is 1. The van der Waals surface area contributed by atoms with Gasteiger partial charge >= 0.3 is 0 Å². The molecular weight excluding hydrogens is 228 g/mol. The Labute approximate surface area is 97.8 Å². The second-order valence-corrected chi connectivity index (χ2v) is 3.57. The number of hydrogen-bond donors (Lipinski definition) is 1. The van der Waals surface area contributed by atoms with Crippen LogP contribution in [0, 0.1) is 0 Å². The quantitative estimate of drug-likeness (QED) is 0.828. The summed E-state index contributed by atoms with van der Waals surface area (Å²) < 4.78 is 4.95. The molecule has 6 heteroatoms. The van der Waals surface area contributed by atoms with Crippen molar-refractivity contribution in [1.82, 2.24) is 15.1 Å². The van der Waals surface area contributed by atoms with E-state index in [2.05, 4.69) is 20.4 Å². The molecule has 0 atom stereocenters. The maximum atomic E-state index is 5.86. The van der Waals surface area contributed by atoms with E-state index in [9.17, 15) is 0 Å². The molecule has 2 heterocycles. The van der Waals surface area contributed by atoms with Crippen molar-refractivity contribution in [3.05, 3.63) is 35.1 Å². The average molecular weight is 239 g/mol. The van der Waals surface area contributed by atoms with E-state index in [1.54, 1.807) is 18.3 Å². The number of halogens is 1. The Morgan fingerprint density at radius 2 is 2.31 bits per heavy atom. The minimum Gasteiger partial charge on any atom is -0.363 e. The van der Waals surface area contributed by atoms with E-state index >= 15 is 0 Å². The van der Waals surface area contributed by atoms with Crippen molar-refractivity contribution in [3.8, 4) is 0 Å². The number of aromatic nitrogens is 3. The van der Waals surface area contributed by atoms with Gasteiger partial charge in [0.2, 0.25) is 0 Å². The lowest BCUT2D eigenvalue weighted by atomic mass is 10.4. The lowest BCUT2D eigenvalue weighted by Gasteiger charge is -2.05. The Morgan fingerprint density at radius 3 is 3.00 bits per heavy atom. The van der Waals surface area contributed by atoms with Gasteiger partial charge in [-0.25, -0.2) is 9.97 Å².